The highest BCUT2D eigenvalue weighted by atomic mass is 16.6. The molecule has 1 aliphatic heterocycles. The van der Waals surface area contributed by atoms with E-state index in [9.17, 15) is 4.79 Å². The Morgan fingerprint density at radius 2 is 1.70 bits per heavy atom. The summed E-state index contributed by atoms with van der Waals surface area (Å²) in [6.07, 6.45) is 2.91. The summed E-state index contributed by atoms with van der Waals surface area (Å²) in [7, 11) is 0. The first-order chi connectivity index (χ1) is 17.8. The highest BCUT2D eigenvalue weighted by molar-refractivity contribution is 5.88. The van der Waals surface area contributed by atoms with Crippen LogP contribution in [0.1, 0.15) is 20.8 Å². The number of aromatic nitrogens is 4. The number of piperazine rings is 1. The van der Waals surface area contributed by atoms with Crippen LogP contribution in [0, 0.1) is 0 Å². The lowest BCUT2D eigenvalue weighted by molar-refractivity contribution is 0.0240. The lowest BCUT2D eigenvalue weighted by Gasteiger charge is -2.36. The molecule has 1 amide bonds. The van der Waals surface area contributed by atoms with Gasteiger partial charge in [-0.05, 0) is 51.1 Å². The molecule has 0 atom stereocenters. The Morgan fingerprint density at radius 3 is 2.41 bits per heavy atom. The van der Waals surface area contributed by atoms with Crippen LogP contribution in [-0.2, 0) is 4.74 Å². The lowest BCUT2D eigenvalue weighted by atomic mass is 10.2. The number of para-hydroxylation sites is 1. The van der Waals surface area contributed by atoms with Gasteiger partial charge in [-0.25, -0.2) is 24.7 Å². The van der Waals surface area contributed by atoms with Crippen molar-refractivity contribution in [2.75, 3.05) is 36.4 Å². The summed E-state index contributed by atoms with van der Waals surface area (Å²) in [5.41, 5.74) is 1.62. The number of amides is 1. The normalized spacial score (nSPS) is 13.9. The molecule has 1 saturated heterocycles. The van der Waals surface area contributed by atoms with E-state index in [1.165, 1.54) is 6.33 Å². The maximum absolute atomic E-state index is 12.4. The second-order valence-corrected chi connectivity index (χ2v) is 9.64. The second kappa shape index (κ2) is 10.3. The van der Waals surface area contributed by atoms with Gasteiger partial charge in [0.1, 0.15) is 29.0 Å². The van der Waals surface area contributed by atoms with E-state index in [0.29, 0.717) is 43.4 Å². The van der Waals surface area contributed by atoms with Crippen molar-refractivity contribution in [3.63, 3.8) is 0 Å². The van der Waals surface area contributed by atoms with Gasteiger partial charge in [-0.1, -0.05) is 18.2 Å². The molecule has 10 heteroatoms. The van der Waals surface area contributed by atoms with Crippen LogP contribution in [0.15, 0.2) is 67.1 Å². The van der Waals surface area contributed by atoms with Crippen LogP contribution in [0.25, 0.3) is 11.0 Å². The number of carbonyl (C=O) groups excluding carboxylic acids is 1. The van der Waals surface area contributed by atoms with Crippen molar-refractivity contribution in [2.24, 2.45) is 0 Å². The number of anilines is 3. The monoisotopic (exact) mass is 499 g/mol. The van der Waals surface area contributed by atoms with E-state index in [2.05, 4.69) is 25.2 Å². The first-order valence-corrected chi connectivity index (χ1v) is 12.1. The van der Waals surface area contributed by atoms with Crippen LogP contribution in [0.3, 0.4) is 0 Å². The van der Waals surface area contributed by atoms with Crippen molar-refractivity contribution >= 4 is 34.4 Å². The maximum atomic E-state index is 12.4. The molecule has 0 saturated carbocycles. The molecule has 1 fully saturated rings. The van der Waals surface area contributed by atoms with Crippen LogP contribution >= 0.6 is 0 Å². The van der Waals surface area contributed by atoms with E-state index in [0.717, 1.165) is 22.8 Å². The van der Waals surface area contributed by atoms with E-state index < -0.39 is 5.60 Å². The van der Waals surface area contributed by atoms with E-state index >= 15 is 0 Å². The fourth-order valence-electron chi connectivity index (χ4n) is 3.90. The zero-order valence-corrected chi connectivity index (χ0v) is 21.1. The minimum Gasteiger partial charge on any atom is -0.444 e. The topological polar surface area (TPSA) is 106 Å². The number of nitrogens with one attached hydrogen (secondary N) is 1. The number of ether oxygens (including phenoxy) is 2. The van der Waals surface area contributed by atoms with Crippen LogP contribution < -0.4 is 15.0 Å². The van der Waals surface area contributed by atoms with E-state index in [1.807, 2.05) is 69.3 Å². The standard InChI is InChI=1S/C27H29N7O3/c1-27(2,3)37-26(35)34-15-13-33(14-16-34)22-11-10-21-24(32-22)25(30-18-29-21)31-19-9-12-23(28-17-19)36-20-7-5-4-6-8-20/h4-12,17-18H,13-16H2,1-3H3,(H,29,30,31). The molecule has 10 nitrogen and oxygen atoms in total. The molecule has 1 N–H and O–H groups in total. The van der Waals surface area contributed by atoms with Crippen LogP contribution in [0.5, 0.6) is 11.6 Å². The Labute approximate surface area is 215 Å². The van der Waals surface area contributed by atoms with Gasteiger partial charge in [0.15, 0.2) is 5.82 Å². The molecular formula is C27H29N7O3. The third-order valence-corrected chi connectivity index (χ3v) is 5.69. The number of fused-ring (bicyclic) bond motifs is 1. The number of hydrogen-bond donors (Lipinski definition) is 1. The van der Waals surface area contributed by atoms with Crippen LogP contribution in [0.4, 0.5) is 22.1 Å². The van der Waals surface area contributed by atoms with Crippen molar-refractivity contribution in [3.05, 3.63) is 67.1 Å². The number of rotatable bonds is 5. The van der Waals surface area contributed by atoms with E-state index in [-0.39, 0.29) is 6.09 Å². The molecule has 0 aliphatic carbocycles. The van der Waals surface area contributed by atoms with Crippen molar-refractivity contribution in [2.45, 2.75) is 26.4 Å². The molecule has 0 spiro atoms. The van der Waals surface area contributed by atoms with E-state index in [4.69, 9.17) is 14.5 Å². The minimum atomic E-state index is -0.512. The lowest BCUT2D eigenvalue weighted by Crippen LogP contribution is -2.50. The molecule has 190 valence electrons. The van der Waals surface area contributed by atoms with E-state index in [1.54, 1.807) is 17.2 Å². The van der Waals surface area contributed by atoms with Crippen molar-refractivity contribution in [3.8, 4) is 11.6 Å². The molecule has 5 rings (SSSR count). The van der Waals surface area contributed by atoms with Crippen molar-refractivity contribution in [1.82, 2.24) is 24.8 Å². The Kier molecular flexibility index (Phi) is 6.72. The molecule has 3 aromatic heterocycles. The third kappa shape index (κ3) is 6.03. The Hall–Kier alpha value is -4.47. The zero-order chi connectivity index (χ0) is 25.8. The van der Waals surface area contributed by atoms with Crippen LogP contribution in [0.2, 0.25) is 0 Å². The first kappa shape index (κ1) is 24.2. The van der Waals surface area contributed by atoms with Crippen molar-refractivity contribution < 1.29 is 14.3 Å². The van der Waals surface area contributed by atoms with Gasteiger partial charge >= 0.3 is 6.09 Å². The second-order valence-electron chi connectivity index (χ2n) is 9.64. The fraction of sp³-hybridized carbons (Fsp3) is 0.296. The molecule has 0 radical (unpaired) electrons. The summed E-state index contributed by atoms with van der Waals surface area (Å²) < 4.78 is 11.3. The quantitative estimate of drug-likeness (QED) is 0.405. The number of benzene rings is 1. The Bertz CT molecular complexity index is 1370. The van der Waals surface area contributed by atoms with Gasteiger partial charge in [0.25, 0.3) is 0 Å². The summed E-state index contributed by atoms with van der Waals surface area (Å²) in [5.74, 6) is 2.60. The maximum Gasteiger partial charge on any atom is 0.410 e. The largest absolute Gasteiger partial charge is 0.444 e. The highest BCUT2D eigenvalue weighted by Crippen LogP contribution is 2.26. The molecule has 4 aromatic rings. The smallest absolute Gasteiger partial charge is 0.410 e. The molecule has 4 heterocycles. The third-order valence-electron chi connectivity index (χ3n) is 5.69. The summed E-state index contributed by atoms with van der Waals surface area (Å²) in [4.78, 5) is 34.3. The van der Waals surface area contributed by atoms with Gasteiger partial charge in [-0.3, -0.25) is 0 Å². The van der Waals surface area contributed by atoms with Gasteiger partial charge in [0, 0.05) is 32.2 Å². The molecule has 0 unspecified atom stereocenters. The number of pyridine rings is 2. The molecule has 1 aromatic carbocycles. The predicted octanol–water partition coefficient (Wildman–Crippen LogP) is 5.01. The Morgan fingerprint density at radius 1 is 0.919 bits per heavy atom. The predicted molar refractivity (Wildman–Crippen MR) is 141 cm³/mol. The molecule has 37 heavy (non-hydrogen) atoms. The van der Waals surface area contributed by atoms with Crippen molar-refractivity contribution in [1.29, 1.82) is 0 Å². The molecule has 1 aliphatic rings. The summed E-state index contributed by atoms with van der Waals surface area (Å²) in [6.45, 7) is 8.05. The highest BCUT2D eigenvalue weighted by Gasteiger charge is 2.26. The first-order valence-electron chi connectivity index (χ1n) is 12.1. The minimum absolute atomic E-state index is 0.285. The van der Waals surface area contributed by atoms with Crippen LogP contribution in [-0.4, -0.2) is 62.7 Å². The average molecular weight is 500 g/mol. The van der Waals surface area contributed by atoms with Gasteiger partial charge in [0.05, 0.1) is 17.4 Å². The number of hydrogen-bond acceptors (Lipinski definition) is 9. The van der Waals surface area contributed by atoms with Gasteiger partial charge in [0.2, 0.25) is 5.88 Å². The average Bonchev–Trinajstić information content (AvgIpc) is 2.89. The fourth-order valence-corrected chi connectivity index (χ4v) is 3.90. The van der Waals surface area contributed by atoms with Gasteiger partial charge < -0.3 is 24.6 Å². The summed E-state index contributed by atoms with van der Waals surface area (Å²) in [6, 6.07) is 17.0. The molecular weight excluding hydrogens is 470 g/mol. The Balaban J connectivity index is 1.28. The summed E-state index contributed by atoms with van der Waals surface area (Å²) >= 11 is 0. The SMILES string of the molecule is CC(C)(C)OC(=O)N1CCN(c2ccc3ncnc(Nc4ccc(Oc5ccccc5)nc4)c3n2)CC1. The zero-order valence-electron chi connectivity index (χ0n) is 21.1. The number of carbonyl (C=O) groups is 1. The van der Waals surface area contributed by atoms with Gasteiger partial charge in [-0.15, -0.1) is 0 Å². The number of nitrogens with zero attached hydrogens (tertiary/aromatic N) is 6. The summed E-state index contributed by atoms with van der Waals surface area (Å²) in [5, 5.41) is 3.29. The van der Waals surface area contributed by atoms with Gasteiger partial charge in [-0.2, -0.15) is 0 Å². The molecule has 0 bridgehead atoms.